The fourth-order valence-electron chi connectivity index (χ4n) is 4.59. The van der Waals surface area contributed by atoms with E-state index in [1.54, 1.807) is 25.2 Å². The number of rotatable bonds is 5. The zero-order valence-electron chi connectivity index (χ0n) is 17.5. The first-order valence-electron chi connectivity index (χ1n) is 9.99. The zero-order chi connectivity index (χ0) is 20.5. The molecule has 168 valence electrons. The second kappa shape index (κ2) is 10.3. The lowest BCUT2D eigenvalue weighted by Crippen LogP contribution is -2.42. The lowest BCUT2D eigenvalue weighted by Gasteiger charge is -2.27. The molecule has 2 amide bonds. The first kappa shape index (κ1) is 24.9. The standard InChI is InChI=1S/C22H26N4O3.2ClH/c1-12-3-6-15(26-22(28)19-13-4-5-14(9-13)20(19)23)10-18(12)29-16-7-8-25-17(11-16)21(27)24-2;;/h3,6-8,10-11,13-14,19-20H,4-5,9,23H2,1-2H3,(H,24,27)(H,26,28);2*1H. The molecule has 0 saturated heterocycles. The lowest BCUT2D eigenvalue weighted by atomic mass is 9.84. The molecule has 2 fully saturated rings. The van der Waals surface area contributed by atoms with Gasteiger partial charge in [0.2, 0.25) is 5.91 Å². The number of hydrogen-bond acceptors (Lipinski definition) is 5. The topological polar surface area (TPSA) is 106 Å². The summed E-state index contributed by atoms with van der Waals surface area (Å²) >= 11 is 0. The van der Waals surface area contributed by atoms with Crippen LogP contribution in [0.15, 0.2) is 36.5 Å². The Hall–Kier alpha value is -2.35. The molecule has 0 aliphatic heterocycles. The van der Waals surface area contributed by atoms with Gasteiger partial charge in [-0.25, -0.2) is 0 Å². The maximum absolute atomic E-state index is 12.8. The highest BCUT2D eigenvalue weighted by atomic mass is 35.5. The van der Waals surface area contributed by atoms with E-state index in [0.29, 0.717) is 29.0 Å². The number of aromatic nitrogens is 1. The minimum Gasteiger partial charge on any atom is -0.457 e. The maximum atomic E-state index is 12.8. The molecule has 4 atom stereocenters. The van der Waals surface area contributed by atoms with Crippen molar-refractivity contribution in [1.82, 2.24) is 10.3 Å². The van der Waals surface area contributed by atoms with E-state index in [4.69, 9.17) is 10.5 Å². The van der Waals surface area contributed by atoms with Gasteiger partial charge in [-0.15, -0.1) is 24.8 Å². The highest BCUT2D eigenvalue weighted by molar-refractivity contribution is 5.94. The number of benzene rings is 1. The first-order valence-corrected chi connectivity index (χ1v) is 9.99. The van der Waals surface area contributed by atoms with Crippen LogP contribution in [-0.2, 0) is 4.79 Å². The number of ether oxygens (including phenoxy) is 1. The minimum absolute atomic E-state index is 0. The number of anilines is 1. The van der Waals surface area contributed by atoms with Gasteiger partial charge in [-0.3, -0.25) is 14.6 Å². The van der Waals surface area contributed by atoms with Crippen molar-refractivity contribution in [1.29, 1.82) is 0 Å². The van der Waals surface area contributed by atoms with E-state index in [2.05, 4.69) is 15.6 Å². The van der Waals surface area contributed by atoms with Gasteiger partial charge in [0.25, 0.3) is 5.91 Å². The molecule has 4 N–H and O–H groups in total. The first-order chi connectivity index (χ1) is 14.0. The van der Waals surface area contributed by atoms with Crippen LogP contribution < -0.4 is 21.1 Å². The largest absolute Gasteiger partial charge is 0.457 e. The van der Waals surface area contributed by atoms with Crippen LogP contribution in [0.25, 0.3) is 0 Å². The van der Waals surface area contributed by atoms with Crippen molar-refractivity contribution < 1.29 is 14.3 Å². The Morgan fingerprint density at radius 2 is 1.87 bits per heavy atom. The molecule has 0 radical (unpaired) electrons. The van der Waals surface area contributed by atoms with E-state index in [-0.39, 0.29) is 54.3 Å². The lowest BCUT2D eigenvalue weighted by molar-refractivity contribution is -0.121. The van der Waals surface area contributed by atoms with Gasteiger partial charge in [-0.1, -0.05) is 6.07 Å². The molecule has 7 nitrogen and oxygen atoms in total. The van der Waals surface area contributed by atoms with Crippen molar-refractivity contribution in [2.75, 3.05) is 12.4 Å². The second-order valence-corrected chi connectivity index (χ2v) is 7.96. The molecule has 2 aromatic rings. The number of halogens is 2. The second-order valence-electron chi connectivity index (χ2n) is 7.96. The fourth-order valence-corrected chi connectivity index (χ4v) is 4.59. The number of pyridine rings is 1. The number of nitrogens with zero attached hydrogens (tertiary/aromatic N) is 1. The zero-order valence-corrected chi connectivity index (χ0v) is 19.1. The van der Waals surface area contributed by atoms with Crippen LogP contribution in [0, 0.1) is 24.7 Å². The van der Waals surface area contributed by atoms with Crippen LogP contribution in [-0.4, -0.2) is 29.9 Å². The Kier molecular flexibility index (Phi) is 8.28. The average molecular weight is 467 g/mol. The third-order valence-corrected chi connectivity index (χ3v) is 6.16. The number of carbonyl (C=O) groups is 2. The Balaban J connectivity index is 0.00000171. The van der Waals surface area contributed by atoms with Crippen molar-refractivity contribution >= 4 is 42.3 Å². The minimum atomic E-state index is -0.282. The SMILES string of the molecule is CNC(=O)c1cc(Oc2cc(NC(=O)C3C4CCC(C4)C3N)ccc2C)ccn1.Cl.Cl. The molecule has 1 aromatic carbocycles. The molecular formula is C22H28Cl2N4O3. The van der Waals surface area contributed by atoms with Crippen molar-refractivity contribution in [3.05, 3.63) is 47.8 Å². The van der Waals surface area contributed by atoms with Crippen molar-refractivity contribution in [3.63, 3.8) is 0 Å². The smallest absolute Gasteiger partial charge is 0.269 e. The summed E-state index contributed by atoms with van der Waals surface area (Å²) in [5, 5.41) is 5.56. The van der Waals surface area contributed by atoms with Crippen LogP contribution in [0.3, 0.4) is 0 Å². The Labute approximate surface area is 194 Å². The van der Waals surface area contributed by atoms with E-state index in [0.717, 1.165) is 24.8 Å². The molecule has 4 unspecified atom stereocenters. The Morgan fingerprint density at radius 1 is 1.13 bits per heavy atom. The molecule has 2 saturated carbocycles. The van der Waals surface area contributed by atoms with E-state index in [1.807, 2.05) is 19.1 Å². The Bertz CT molecular complexity index is 954. The van der Waals surface area contributed by atoms with Crippen LogP contribution >= 0.6 is 24.8 Å². The Morgan fingerprint density at radius 3 is 2.55 bits per heavy atom. The summed E-state index contributed by atoms with van der Waals surface area (Å²) in [7, 11) is 1.55. The van der Waals surface area contributed by atoms with Crippen LogP contribution in [0.2, 0.25) is 0 Å². The fraction of sp³-hybridized carbons (Fsp3) is 0.409. The summed E-state index contributed by atoms with van der Waals surface area (Å²) in [4.78, 5) is 28.7. The number of hydrogen-bond donors (Lipinski definition) is 3. The summed E-state index contributed by atoms with van der Waals surface area (Å²) in [6, 6.07) is 8.78. The number of fused-ring (bicyclic) bond motifs is 2. The molecular weight excluding hydrogens is 439 g/mol. The average Bonchev–Trinajstić information content (AvgIpc) is 3.31. The van der Waals surface area contributed by atoms with E-state index in [1.165, 1.54) is 6.20 Å². The van der Waals surface area contributed by atoms with Crippen molar-refractivity contribution in [3.8, 4) is 11.5 Å². The van der Waals surface area contributed by atoms with Gasteiger partial charge in [0.05, 0.1) is 5.92 Å². The summed E-state index contributed by atoms with van der Waals surface area (Å²) in [6.07, 6.45) is 4.82. The molecule has 4 rings (SSSR count). The van der Waals surface area contributed by atoms with Crippen molar-refractivity contribution in [2.24, 2.45) is 23.5 Å². The normalized spacial score (nSPS) is 23.3. The molecule has 0 spiro atoms. The van der Waals surface area contributed by atoms with E-state index < -0.39 is 0 Å². The van der Waals surface area contributed by atoms with E-state index in [9.17, 15) is 9.59 Å². The molecule has 2 aliphatic rings. The maximum Gasteiger partial charge on any atom is 0.269 e. The summed E-state index contributed by atoms with van der Waals surface area (Å²) in [5.41, 5.74) is 8.16. The molecule has 2 bridgehead atoms. The predicted molar refractivity (Wildman–Crippen MR) is 124 cm³/mol. The molecule has 1 heterocycles. The third kappa shape index (κ3) is 5.11. The predicted octanol–water partition coefficient (Wildman–Crippen LogP) is 3.70. The number of carbonyl (C=O) groups excluding carboxylic acids is 2. The van der Waals surface area contributed by atoms with Gasteiger partial charge in [0, 0.05) is 37.1 Å². The van der Waals surface area contributed by atoms with Gasteiger partial charge in [-0.05, 0) is 55.7 Å². The number of nitrogens with one attached hydrogen (secondary N) is 2. The van der Waals surface area contributed by atoms with Gasteiger partial charge in [0.1, 0.15) is 17.2 Å². The van der Waals surface area contributed by atoms with Gasteiger partial charge >= 0.3 is 0 Å². The quantitative estimate of drug-likeness (QED) is 0.622. The number of aryl methyl sites for hydroxylation is 1. The molecule has 9 heteroatoms. The number of nitrogens with two attached hydrogens (primary N) is 1. The highest BCUT2D eigenvalue weighted by Crippen LogP contribution is 2.48. The van der Waals surface area contributed by atoms with Gasteiger partial charge < -0.3 is 21.1 Å². The summed E-state index contributed by atoms with van der Waals surface area (Å²) < 4.78 is 5.97. The van der Waals surface area contributed by atoms with Crippen LogP contribution in [0.4, 0.5) is 5.69 Å². The van der Waals surface area contributed by atoms with Gasteiger partial charge in [0.15, 0.2) is 0 Å². The van der Waals surface area contributed by atoms with Crippen molar-refractivity contribution in [2.45, 2.75) is 32.2 Å². The molecule has 31 heavy (non-hydrogen) atoms. The van der Waals surface area contributed by atoms with Crippen LogP contribution in [0.5, 0.6) is 11.5 Å². The molecule has 1 aromatic heterocycles. The van der Waals surface area contributed by atoms with Crippen LogP contribution in [0.1, 0.15) is 35.3 Å². The molecule has 2 aliphatic carbocycles. The third-order valence-electron chi connectivity index (χ3n) is 6.16. The monoisotopic (exact) mass is 466 g/mol. The highest BCUT2D eigenvalue weighted by Gasteiger charge is 2.49. The summed E-state index contributed by atoms with van der Waals surface area (Å²) in [5.74, 6) is 1.58. The van der Waals surface area contributed by atoms with Gasteiger partial charge in [-0.2, -0.15) is 0 Å². The summed E-state index contributed by atoms with van der Waals surface area (Å²) in [6.45, 7) is 1.92. The number of amides is 2. The van der Waals surface area contributed by atoms with E-state index >= 15 is 0 Å².